The van der Waals surface area contributed by atoms with Gasteiger partial charge in [0, 0.05) is 54.1 Å². The predicted octanol–water partition coefficient (Wildman–Crippen LogP) is 5.51. The fourth-order valence-electron chi connectivity index (χ4n) is 8.12. The number of rotatable bonds is 5. The van der Waals surface area contributed by atoms with Crippen LogP contribution in [0.15, 0.2) is 36.5 Å². The van der Waals surface area contributed by atoms with E-state index in [1.165, 1.54) is 6.07 Å². The molecule has 2 aromatic heterocycles. The van der Waals surface area contributed by atoms with Crippen LogP contribution in [0.25, 0.3) is 32.9 Å². The van der Waals surface area contributed by atoms with Crippen molar-refractivity contribution < 1.29 is 23.7 Å². The quantitative estimate of drug-likeness (QED) is 0.307. The Bertz CT molecular complexity index is 1760. The third kappa shape index (κ3) is 4.48. The van der Waals surface area contributed by atoms with Gasteiger partial charge >= 0.3 is 6.01 Å². The first kappa shape index (κ1) is 27.2. The zero-order chi connectivity index (χ0) is 29.5. The predicted molar refractivity (Wildman–Crippen MR) is 160 cm³/mol. The topological polar surface area (TPSA) is 94.8 Å². The Morgan fingerprint density at radius 2 is 2.02 bits per heavy atom. The van der Waals surface area contributed by atoms with Crippen LogP contribution in [0.1, 0.15) is 32.1 Å². The average molecular weight is 608 g/mol. The second-order valence-corrected chi connectivity index (χ2v) is 13.2. The number of halogens is 3. The Morgan fingerprint density at radius 1 is 1.14 bits per heavy atom. The highest BCUT2D eigenvalue weighted by molar-refractivity contribution is 6.36. The maximum absolute atomic E-state index is 16.7. The molecule has 43 heavy (non-hydrogen) atoms. The van der Waals surface area contributed by atoms with E-state index in [0.29, 0.717) is 64.5 Å². The summed E-state index contributed by atoms with van der Waals surface area (Å²) in [5, 5.41) is 23.1. The molecule has 8 rings (SSSR count). The number of nitrogens with zero attached hydrogens (tertiary/aromatic N) is 5. The summed E-state index contributed by atoms with van der Waals surface area (Å²) in [5.74, 6) is 0.215. The molecular weight excluding hydrogens is 576 g/mol. The molecule has 4 aromatic rings. The van der Waals surface area contributed by atoms with Gasteiger partial charge in [0.05, 0.1) is 17.0 Å². The summed E-state index contributed by atoms with van der Waals surface area (Å²) in [5.41, 5.74) is -0.0153. The molecule has 5 heterocycles. The molecule has 5 atom stereocenters. The molecule has 3 saturated heterocycles. The number of hydrogen-bond donors (Lipinski definition) is 2. The van der Waals surface area contributed by atoms with Gasteiger partial charge in [0.2, 0.25) is 0 Å². The van der Waals surface area contributed by atoms with Crippen molar-refractivity contribution >= 4 is 39.1 Å². The van der Waals surface area contributed by atoms with Gasteiger partial charge in [-0.3, -0.25) is 9.88 Å². The van der Waals surface area contributed by atoms with Crippen LogP contribution < -0.4 is 9.64 Å². The summed E-state index contributed by atoms with van der Waals surface area (Å²) in [6.45, 7) is 2.71. The lowest BCUT2D eigenvalue weighted by Crippen LogP contribution is -2.43. The van der Waals surface area contributed by atoms with Gasteiger partial charge in [-0.05, 0) is 61.7 Å². The number of phenolic OH excluding ortho intramolecular Hbond substituents is 1. The molecule has 11 heteroatoms. The van der Waals surface area contributed by atoms with E-state index in [4.69, 9.17) is 21.3 Å². The maximum Gasteiger partial charge on any atom is 0.319 e. The standard InChI is InChI=1S/C32H32ClF2N5O3/c33-24-4-1-3-18-9-21(41)10-22(26(18)24)28-27(35)29-23(12-36-28)30(39-13-17-7-19(14-39)25(42)8-17)38-31(37-29)43-16-32-5-2-6-40(32)15-20(34)11-32/h1,3-4,9-10,12,17,19-20,25,41-42H,2,5-8,11,13-16H2/t17-,19-,20-,25-,32+/m1/s1. The zero-order valence-corrected chi connectivity index (χ0v) is 24.3. The van der Waals surface area contributed by atoms with Gasteiger partial charge < -0.3 is 19.8 Å². The monoisotopic (exact) mass is 607 g/mol. The number of phenols is 1. The lowest BCUT2D eigenvalue weighted by molar-refractivity contribution is 0.107. The van der Waals surface area contributed by atoms with Gasteiger partial charge in [0.15, 0.2) is 5.82 Å². The van der Waals surface area contributed by atoms with Gasteiger partial charge in [-0.15, -0.1) is 0 Å². The van der Waals surface area contributed by atoms with Crippen LogP contribution >= 0.6 is 11.6 Å². The van der Waals surface area contributed by atoms with Crippen molar-refractivity contribution in [2.75, 3.05) is 37.7 Å². The molecule has 0 unspecified atom stereocenters. The van der Waals surface area contributed by atoms with Gasteiger partial charge in [-0.25, -0.2) is 8.78 Å². The SMILES string of the molecule is Oc1cc(-c2ncc3c(N4C[C@@H]5C[C@H](C4)[C@H](O)C5)nc(OC[C@@]45CCCN4C[C@H](F)C5)nc3c2F)c2c(Cl)cccc2c1. The van der Waals surface area contributed by atoms with Crippen LogP contribution in [0.4, 0.5) is 14.6 Å². The van der Waals surface area contributed by atoms with Crippen LogP contribution in [0.3, 0.4) is 0 Å². The van der Waals surface area contributed by atoms with Crippen molar-refractivity contribution in [3.8, 4) is 23.0 Å². The molecule has 0 amide bonds. The van der Waals surface area contributed by atoms with Gasteiger partial charge in [0.25, 0.3) is 0 Å². The highest BCUT2D eigenvalue weighted by Crippen LogP contribution is 2.43. The van der Waals surface area contributed by atoms with E-state index < -0.39 is 17.5 Å². The number of aliphatic hydroxyl groups excluding tert-OH is 1. The Labute approximate surface area is 252 Å². The highest BCUT2D eigenvalue weighted by Gasteiger charge is 2.49. The number of hydrogen-bond acceptors (Lipinski definition) is 8. The lowest BCUT2D eigenvalue weighted by Gasteiger charge is -2.34. The number of ether oxygens (including phenoxy) is 1. The van der Waals surface area contributed by atoms with E-state index in [0.717, 1.165) is 32.2 Å². The molecule has 8 nitrogen and oxygen atoms in total. The summed E-state index contributed by atoms with van der Waals surface area (Å²) in [4.78, 5) is 18.1. The number of aromatic hydroxyl groups is 1. The minimum Gasteiger partial charge on any atom is -0.508 e. The second-order valence-electron chi connectivity index (χ2n) is 12.8. The first-order valence-electron chi connectivity index (χ1n) is 15.0. The summed E-state index contributed by atoms with van der Waals surface area (Å²) in [7, 11) is 0. The number of aliphatic hydroxyl groups is 1. The minimum atomic E-state index is -0.901. The first-order chi connectivity index (χ1) is 20.8. The summed E-state index contributed by atoms with van der Waals surface area (Å²) >= 11 is 6.55. The Balaban J connectivity index is 1.26. The van der Waals surface area contributed by atoms with Crippen LogP contribution in [-0.4, -0.2) is 80.7 Å². The van der Waals surface area contributed by atoms with Crippen molar-refractivity contribution in [1.29, 1.82) is 0 Å². The molecule has 0 radical (unpaired) electrons. The van der Waals surface area contributed by atoms with Crippen molar-refractivity contribution in [2.24, 2.45) is 11.8 Å². The summed E-state index contributed by atoms with van der Waals surface area (Å²) < 4.78 is 37.3. The molecule has 0 spiro atoms. The number of benzene rings is 2. The number of anilines is 1. The average Bonchev–Trinajstić information content (AvgIpc) is 3.59. The largest absolute Gasteiger partial charge is 0.508 e. The van der Waals surface area contributed by atoms with Gasteiger partial charge in [-0.2, -0.15) is 9.97 Å². The van der Waals surface area contributed by atoms with E-state index in [2.05, 4.69) is 19.8 Å². The zero-order valence-electron chi connectivity index (χ0n) is 23.5. The van der Waals surface area contributed by atoms with Gasteiger partial charge in [0.1, 0.15) is 35.6 Å². The molecule has 3 aliphatic heterocycles. The Hall–Kier alpha value is -3.34. The third-order valence-corrected chi connectivity index (χ3v) is 10.3. The van der Waals surface area contributed by atoms with Crippen LogP contribution in [0.2, 0.25) is 5.02 Å². The molecule has 4 aliphatic rings. The van der Waals surface area contributed by atoms with Crippen molar-refractivity contribution in [3.63, 3.8) is 0 Å². The second kappa shape index (κ2) is 10.1. The Kier molecular flexibility index (Phi) is 6.40. The summed E-state index contributed by atoms with van der Waals surface area (Å²) in [6, 6.07) is 8.34. The molecule has 2 bridgehead atoms. The molecule has 2 aromatic carbocycles. The van der Waals surface area contributed by atoms with E-state index in [-0.39, 0.29) is 41.6 Å². The molecule has 224 valence electrons. The molecule has 1 aliphatic carbocycles. The van der Waals surface area contributed by atoms with Crippen molar-refractivity contribution in [1.82, 2.24) is 19.9 Å². The van der Waals surface area contributed by atoms with Crippen molar-refractivity contribution in [3.05, 3.63) is 47.4 Å². The third-order valence-electron chi connectivity index (χ3n) is 10.0. The van der Waals surface area contributed by atoms with Crippen molar-refractivity contribution in [2.45, 2.75) is 49.9 Å². The first-order valence-corrected chi connectivity index (χ1v) is 15.4. The fraction of sp³-hybridized carbons (Fsp3) is 0.469. The van der Waals surface area contributed by atoms with E-state index in [1.807, 2.05) is 0 Å². The Morgan fingerprint density at radius 3 is 2.88 bits per heavy atom. The molecule has 1 saturated carbocycles. The van der Waals surface area contributed by atoms with E-state index in [1.54, 1.807) is 30.5 Å². The smallest absolute Gasteiger partial charge is 0.319 e. The summed E-state index contributed by atoms with van der Waals surface area (Å²) in [6.07, 6.45) is 4.18. The lowest BCUT2D eigenvalue weighted by atomic mass is 9.95. The van der Waals surface area contributed by atoms with Crippen LogP contribution in [0.5, 0.6) is 11.8 Å². The molecule has 2 N–H and O–H groups in total. The van der Waals surface area contributed by atoms with Crippen LogP contribution in [-0.2, 0) is 0 Å². The highest BCUT2D eigenvalue weighted by atomic mass is 35.5. The minimum absolute atomic E-state index is 0.00265. The number of pyridine rings is 1. The van der Waals surface area contributed by atoms with Crippen LogP contribution in [0, 0.1) is 17.7 Å². The fourth-order valence-corrected chi connectivity index (χ4v) is 8.40. The van der Waals surface area contributed by atoms with E-state index in [9.17, 15) is 14.6 Å². The van der Waals surface area contributed by atoms with Gasteiger partial charge in [-0.1, -0.05) is 23.7 Å². The number of aromatic nitrogens is 3. The number of piperidine rings is 1. The maximum atomic E-state index is 16.7. The molecule has 4 fully saturated rings. The molecular formula is C32H32ClF2N5O3. The van der Waals surface area contributed by atoms with E-state index >= 15 is 4.39 Å². The normalized spacial score (nSPS) is 28.7. The number of alkyl halides is 1. The number of fused-ring (bicyclic) bond motifs is 5.